The molecule has 0 saturated carbocycles. The van der Waals surface area contributed by atoms with E-state index < -0.39 is 0 Å². The Bertz CT molecular complexity index is 445. The zero-order chi connectivity index (χ0) is 12.3. The van der Waals surface area contributed by atoms with Gasteiger partial charge in [-0.1, -0.05) is 38.1 Å². The molecule has 0 aliphatic heterocycles. The number of aromatic nitrogens is 3. The Balaban J connectivity index is 2.26. The highest BCUT2D eigenvalue weighted by atomic mass is 15.3. The predicted molar refractivity (Wildman–Crippen MR) is 67.8 cm³/mol. The summed E-state index contributed by atoms with van der Waals surface area (Å²) in [6, 6.07) is 8.72. The van der Waals surface area contributed by atoms with E-state index in [1.165, 1.54) is 11.1 Å². The van der Waals surface area contributed by atoms with Crippen LogP contribution in [0.5, 0.6) is 0 Å². The lowest BCUT2D eigenvalue weighted by Crippen LogP contribution is -2.18. The first-order valence-corrected chi connectivity index (χ1v) is 5.85. The van der Waals surface area contributed by atoms with E-state index in [0.717, 1.165) is 5.69 Å². The summed E-state index contributed by atoms with van der Waals surface area (Å²) in [6.45, 7) is 4.39. The van der Waals surface area contributed by atoms with Crippen molar-refractivity contribution in [2.24, 2.45) is 0 Å². The minimum atomic E-state index is 0.0926. The maximum atomic E-state index is 4.12. The van der Waals surface area contributed by atoms with Gasteiger partial charge in [-0.2, -0.15) is 15.4 Å². The lowest BCUT2D eigenvalue weighted by atomic mass is 9.98. The van der Waals surface area contributed by atoms with Gasteiger partial charge in [0.1, 0.15) is 5.69 Å². The number of nitrogens with one attached hydrogen (secondary N) is 2. The van der Waals surface area contributed by atoms with Crippen LogP contribution in [-0.2, 0) is 0 Å². The molecule has 0 amide bonds. The molecule has 4 nitrogen and oxygen atoms in total. The molecule has 0 radical (unpaired) electrons. The molecular formula is C13H18N4. The fourth-order valence-electron chi connectivity index (χ4n) is 1.91. The first kappa shape index (κ1) is 11.8. The van der Waals surface area contributed by atoms with Crippen LogP contribution in [-0.4, -0.2) is 22.5 Å². The number of benzene rings is 1. The van der Waals surface area contributed by atoms with E-state index >= 15 is 0 Å². The van der Waals surface area contributed by atoms with Gasteiger partial charge in [0.05, 0.1) is 12.2 Å². The Morgan fingerprint density at radius 2 is 1.76 bits per heavy atom. The predicted octanol–water partition coefficient (Wildman–Crippen LogP) is 2.24. The van der Waals surface area contributed by atoms with E-state index in [-0.39, 0.29) is 6.04 Å². The maximum absolute atomic E-state index is 4.12. The van der Waals surface area contributed by atoms with Gasteiger partial charge in [-0.15, -0.1) is 0 Å². The molecule has 2 rings (SSSR count). The Hall–Kier alpha value is -1.68. The zero-order valence-corrected chi connectivity index (χ0v) is 10.4. The summed E-state index contributed by atoms with van der Waals surface area (Å²) < 4.78 is 0. The van der Waals surface area contributed by atoms with E-state index in [9.17, 15) is 0 Å². The summed E-state index contributed by atoms with van der Waals surface area (Å²) in [6.07, 6.45) is 1.75. The quantitative estimate of drug-likeness (QED) is 0.847. The third-order valence-corrected chi connectivity index (χ3v) is 2.95. The highest BCUT2D eigenvalue weighted by Gasteiger charge is 2.14. The smallest absolute Gasteiger partial charge is 0.104 e. The summed E-state index contributed by atoms with van der Waals surface area (Å²) in [5, 5.41) is 13.9. The first-order chi connectivity index (χ1) is 8.22. The van der Waals surface area contributed by atoms with E-state index in [0.29, 0.717) is 5.92 Å². The van der Waals surface area contributed by atoms with Gasteiger partial charge >= 0.3 is 0 Å². The number of hydrogen-bond donors (Lipinski definition) is 2. The summed E-state index contributed by atoms with van der Waals surface area (Å²) >= 11 is 0. The van der Waals surface area contributed by atoms with Crippen LogP contribution in [0.1, 0.15) is 42.6 Å². The molecule has 0 aliphatic rings. The van der Waals surface area contributed by atoms with E-state index in [1.54, 1.807) is 6.20 Å². The van der Waals surface area contributed by atoms with Crippen molar-refractivity contribution in [3.05, 3.63) is 47.3 Å². The van der Waals surface area contributed by atoms with Crippen LogP contribution >= 0.6 is 0 Å². The standard InChI is InChI=1S/C13H18N4/c1-9(2)10-4-6-11(7-5-10)13(14-3)12-8-15-17-16-12/h4-9,13-14H,1-3H3,(H,15,16,17). The molecule has 2 aromatic rings. The van der Waals surface area contributed by atoms with Gasteiger partial charge in [0, 0.05) is 0 Å². The molecule has 1 heterocycles. The van der Waals surface area contributed by atoms with Crippen molar-refractivity contribution in [1.82, 2.24) is 20.7 Å². The average Bonchev–Trinajstić information content (AvgIpc) is 2.84. The molecule has 90 valence electrons. The van der Waals surface area contributed by atoms with Crippen LogP contribution < -0.4 is 5.32 Å². The van der Waals surface area contributed by atoms with Crippen LogP contribution in [0.3, 0.4) is 0 Å². The van der Waals surface area contributed by atoms with E-state index in [1.807, 2.05) is 7.05 Å². The second-order valence-electron chi connectivity index (χ2n) is 4.44. The molecule has 0 saturated heterocycles. The van der Waals surface area contributed by atoms with Crippen molar-refractivity contribution in [2.75, 3.05) is 7.05 Å². The van der Waals surface area contributed by atoms with Gasteiger partial charge in [0.15, 0.2) is 0 Å². The fraction of sp³-hybridized carbons (Fsp3) is 0.385. The highest BCUT2D eigenvalue weighted by Crippen LogP contribution is 2.22. The first-order valence-electron chi connectivity index (χ1n) is 5.85. The number of nitrogens with zero attached hydrogens (tertiary/aromatic N) is 2. The number of H-pyrrole nitrogens is 1. The van der Waals surface area contributed by atoms with Gasteiger partial charge in [-0.3, -0.25) is 0 Å². The Kier molecular flexibility index (Phi) is 3.54. The van der Waals surface area contributed by atoms with Crippen molar-refractivity contribution >= 4 is 0 Å². The van der Waals surface area contributed by atoms with Crippen LogP contribution in [0, 0.1) is 0 Å². The van der Waals surface area contributed by atoms with Gasteiger partial charge in [-0.25, -0.2) is 0 Å². The molecule has 2 N–H and O–H groups in total. The van der Waals surface area contributed by atoms with Gasteiger partial charge in [0.25, 0.3) is 0 Å². The molecule has 1 unspecified atom stereocenters. The lowest BCUT2D eigenvalue weighted by molar-refractivity contribution is 0.666. The van der Waals surface area contributed by atoms with E-state index in [4.69, 9.17) is 0 Å². The summed E-state index contributed by atoms with van der Waals surface area (Å²) in [5.41, 5.74) is 3.46. The molecule has 0 aliphatic carbocycles. The third kappa shape index (κ3) is 2.53. The van der Waals surface area contributed by atoms with Gasteiger partial charge in [-0.05, 0) is 24.1 Å². The Morgan fingerprint density at radius 3 is 2.24 bits per heavy atom. The number of rotatable bonds is 4. The molecule has 0 spiro atoms. The summed E-state index contributed by atoms with van der Waals surface area (Å²) in [5.74, 6) is 0.559. The monoisotopic (exact) mass is 230 g/mol. The SMILES string of the molecule is CNC(c1ccc(C(C)C)cc1)c1cn[nH]n1. The maximum Gasteiger partial charge on any atom is 0.104 e. The van der Waals surface area contributed by atoms with Gasteiger partial charge in [0.2, 0.25) is 0 Å². The second-order valence-corrected chi connectivity index (χ2v) is 4.44. The average molecular weight is 230 g/mol. The lowest BCUT2D eigenvalue weighted by Gasteiger charge is -2.14. The van der Waals surface area contributed by atoms with Crippen LogP contribution in [0.25, 0.3) is 0 Å². The molecule has 0 fully saturated rings. The van der Waals surface area contributed by atoms with Crippen molar-refractivity contribution < 1.29 is 0 Å². The molecule has 1 atom stereocenters. The topological polar surface area (TPSA) is 53.6 Å². The molecule has 1 aromatic carbocycles. The molecule has 1 aromatic heterocycles. The minimum absolute atomic E-state index is 0.0926. The van der Waals surface area contributed by atoms with Crippen molar-refractivity contribution in [1.29, 1.82) is 0 Å². The van der Waals surface area contributed by atoms with Crippen molar-refractivity contribution in [2.45, 2.75) is 25.8 Å². The van der Waals surface area contributed by atoms with Crippen molar-refractivity contribution in [3.8, 4) is 0 Å². The molecule has 0 bridgehead atoms. The van der Waals surface area contributed by atoms with Crippen LogP contribution in [0.4, 0.5) is 0 Å². The fourth-order valence-corrected chi connectivity index (χ4v) is 1.91. The van der Waals surface area contributed by atoms with Crippen LogP contribution in [0.15, 0.2) is 30.5 Å². The Labute approximate surface area is 101 Å². The third-order valence-electron chi connectivity index (χ3n) is 2.95. The minimum Gasteiger partial charge on any atom is -0.308 e. The molecule has 17 heavy (non-hydrogen) atoms. The largest absolute Gasteiger partial charge is 0.308 e. The van der Waals surface area contributed by atoms with Crippen LogP contribution in [0.2, 0.25) is 0 Å². The van der Waals surface area contributed by atoms with Crippen molar-refractivity contribution in [3.63, 3.8) is 0 Å². The Morgan fingerprint density at radius 1 is 1.12 bits per heavy atom. The normalized spacial score (nSPS) is 12.9. The highest BCUT2D eigenvalue weighted by molar-refractivity contribution is 5.30. The molecular weight excluding hydrogens is 212 g/mol. The second kappa shape index (κ2) is 5.10. The van der Waals surface area contributed by atoms with Gasteiger partial charge < -0.3 is 5.32 Å². The summed E-state index contributed by atoms with van der Waals surface area (Å²) in [7, 11) is 1.93. The number of aromatic amines is 1. The molecule has 4 heteroatoms. The van der Waals surface area contributed by atoms with E-state index in [2.05, 4.69) is 58.8 Å². The zero-order valence-electron chi connectivity index (χ0n) is 10.4. The number of hydrogen-bond acceptors (Lipinski definition) is 3. The summed E-state index contributed by atoms with van der Waals surface area (Å²) in [4.78, 5) is 0.